The highest BCUT2D eigenvalue weighted by Gasteiger charge is 2.23. The molecule has 1 amide bonds. The summed E-state index contributed by atoms with van der Waals surface area (Å²) < 4.78 is 7.79. The zero-order chi connectivity index (χ0) is 21.8. The van der Waals surface area contributed by atoms with Crippen LogP contribution in [-0.2, 0) is 0 Å². The second-order valence-electron chi connectivity index (χ2n) is 7.65. The van der Waals surface area contributed by atoms with Crippen molar-refractivity contribution in [2.75, 3.05) is 26.2 Å². The number of ether oxygens (including phenoxy) is 1. The number of amides is 1. The predicted molar refractivity (Wildman–Crippen MR) is 120 cm³/mol. The van der Waals surface area contributed by atoms with Gasteiger partial charge in [-0.15, -0.1) is 0 Å². The van der Waals surface area contributed by atoms with Crippen LogP contribution in [0.15, 0.2) is 48.8 Å². The van der Waals surface area contributed by atoms with Gasteiger partial charge in [0.2, 0.25) is 0 Å². The molecule has 9 heteroatoms. The van der Waals surface area contributed by atoms with E-state index in [2.05, 4.69) is 15.2 Å². The van der Waals surface area contributed by atoms with Crippen molar-refractivity contribution in [3.63, 3.8) is 0 Å². The number of carbonyl (C=O) groups excluding carboxylic acids is 1. The van der Waals surface area contributed by atoms with Gasteiger partial charge in [-0.1, -0.05) is 29.3 Å². The standard InChI is InChI=1S/C22H24Cl2N4O3/c23-18-5-4-17(11-19(18)24)31-16-6-9-27(10-7-16)13-15(29)12-25-22(30)20-14-28-8-2-1-3-21(28)26-20/h1-5,8,11,14-16,29H,6-7,9-10,12-13H2,(H,25,30)/t15-/m1/s1. The smallest absolute Gasteiger partial charge is 0.271 e. The van der Waals surface area contributed by atoms with Crippen LogP contribution in [0.5, 0.6) is 5.75 Å². The molecule has 4 rings (SSSR count). The third-order valence-corrected chi connectivity index (χ3v) is 6.03. The summed E-state index contributed by atoms with van der Waals surface area (Å²) in [6.07, 6.45) is 4.65. The van der Waals surface area contributed by atoms with E-state index in [4.69, 9.17) is 27.9 Å². The predicted octanol–water partition coefficient (Wildman–Crippen LogP) is 3.28. The molecule has 1 saturated heterocycles. The lowest BCUT2D eigenvalue weighted by molar-refractivity contribution is 0.0593. The van der Waals surface area contributed by atoms with Crippen LogP contribution in [0.25, 0.3) is 5.65 Å². The number of benzene rings is 1. The van der Waals surface area contributed by atoms with E-state index in [1.165, 1.54) is 0 Å². The summed E-state index contributed by atoms with van der Waals surface area (Å²) in [6, 6.07) is 10.8. The average molecular weight is 463 g/mol. The first kappa shape index (κ1) is 21.9. The molecule has 1 fully saturated rings. The van der Waals surface area contributed by atoms with E-state index in [1.807, 2.05) is 30.5 Å². The fourth-order valence-corrected chi connectivity index (χ4v) is 3.95. The number of rotatable bonds is 7. The summed E-state index contributed by atoms with van der Waals surface area (Å²) in [4.78, 5) is 18.8. The van der Waals surface area contributed by atoms with E-state index in [0.29, 0.717) is 33.7 Å². The highest BCUT2D eigenvalue weighted by Crippen LogP contribution is 2.28. The molecule has 0 aliphatic carbocycles. The zero-order valence-electron chi connectivity index (χ0n) is 16.9. The van der Waals surface area contributed by atoms with Crippen LogP contribution in [0, 0.1) is 0 Å². The molecule has 164 valence electrons. The fourth-order valence-electron chi connectivity index (χ4n) is 3.66. The first-order valence-corrected chi connectivity index (χ1v) is 11.0. The molecule has 2 N–H and O–H groups in total. The minimum atomic E-state index is -0.659. The number of nitrogens with zero attached hydrogens (tertiary/aromatic N) is 3. The van der Waals surface area contributed by atoms with Crippen LogP contribution in [0.4, 0.5) is 0 Å². The van der Waals surface area contributed by atoms with Gasteiger partial charge in [-0.25, -0.2) is 4.98 Å². The minimum Gasteiger partial charge on any atom is -0.490 e. The number of halogens is 2. The minimum absolute atomic E-state index is 0.0976. The lowest BCUT2D eigenvalue weighted by Crippen LogP contribution is -2.45. The summed E-state index contributed by atoms with van der Waals surface area (Å²) in [5.41, 5.74) is 1.04. The van der Waals surface area contributed by atoms with Crippen LogP contribution in [0.3, 0.4) is 0 Å². The number of hydrogen-bond acceptors (Lipinski definition) is 5. The Labute approximate surface area is 190 Å². The molecule has 0 spiro atoms. The molecular weight excluding hydrogens is 439 g/mol. The van der Waals surface area contributed by atoms with Gasteiger partial charge < -0.3 is 24.5 Å². The fraction of sp³-hybridized carbons (Fsp3) is 0.364. The monoisotopic (exact) mass is 462 g/mol. The van der Waals surface area contributed by atoms with Crippen molar-refractivity contribution >= 4 is 34.8 Å². The molecule has 31 heavy (non-hydrogen) atoms. The Bertz CT molecular complexity index is 1020. The highest BCUT2D eigenvalue weighted by atomic mass is 35.5. The number of nitrogens with one attached hydrogen (secondary N) is 1. The van der Waals surface area contributed by atoms with Crippen molar-refractivity contribution < 1.29 is 14.6 Å². The molecule has 1 aliphatic heterocycles. The van der Waals surface area contributed by atoms with Gasteiger partial charge in [0.05, 0.1) is 16.1 Å². The Balaban J connectivity index is 1.19. The number of aliphatic hydroxyl groups is 1. The maximum absolute atomic E-state index is 12.3. The molecule has 1 aliphatic rings. The topological polar surface area (TPSA) is 79.1 Å². The van der Waals surface area contributed by atoms with E-state index < -0.39 is 6.10 Å². The Morgan fingerprint density at radius 2 is 2.03 bits per heavy atom. The van der Waals surface area contributed by atoms with Gasteiger partial charge in [0.25, 0.3) is 5.91 Å². The van der Waals surface area contributed by atoms with Crippen LogP contribution >= 0.6 is 23.2 Å². The zero-order valence-corrected chi connectivity index (χ0v) is 18.4. The van der Waals surface area contributed by atoms with Crippen LogP contribution in [0.2, 0.25) is 10.0 Å². The Morgan fingerprint density at radius 1 is 1.23 bits per heavy atom. The van der Waals surface area contributed by atoms with Crippen molar-refractivity contribution in [3.8, 4) is 5.75 Å². The van der Waals surface area contributed by atoms with E-state index in [1.54, 1.807) is 22.7 Å². The van der Waals surface area contributed by atoms with Crippen LogP contribution in [-0.4, -0.2) is 63.7 Å². The molecular formula is C22H24Cl2N4O3. The number of aromatic nitrogens is 2. The van der Waals surface area contributed by atoms with Crippen molar-refractivity contribution in [1.29, 1.82) is 0 Å². The Morgan fingerprint density at radius 3 is 2.77 bits per heavy atom. The first-order valence-electron chi connectivity index (χ1n) is 10.2. The number of hydrogen-bond donors (Lipinski definition) is 2. The second kappa shape index (κ2) is 9.87. The summed E-state index contributed by atoms with van der Waals surface area (Å²) in [6.45, 7) is 2.28. The van der Waals surface area contributed by atoms with E-state index in [9.17, 15) is 9.90 Å². The number of fused-ring (bicyclic) bond motifs is 1. The van der Waals surface area contributed by atoms with E-state index in [-0.39, 0.29) is 18.6 Å². The van der Waals surface area contributed by atoms with Crippen molar-refractivity contribution in [2.24, 2.45) is 0 Å². The number of pyridine rings is 1. The second-order valence-corrected chi connectivity index (χ2v) is 8.46. The molecule has 3 aromatic rings. The Kier molecular flexibility index (Phi) is 6.97. The van der Waals surface area contributed by atoms with Gasteiger partial charge >= 0.3 is 0 Å². The highest BCUT2D eigenvalue weighted by molar-refractivity contribution is 6.42. The van der Waals surface area contributed by atoms with Gasteiger partial charge in [0.15, 0.2) is 0 Å². The molecule has 0 bridgehead atoms. The largest absolute Gasteiger partial charge is 0.490 e. The summed E-state index contributed by atoms with van der Waals surface area (Å²) in [7, 11) is 0. The normalized spacial score (nSPS) is 16.4. The molecule has 2 aromatic heterocycles. The summed E-state index contributed by atoms with van der Waals surface area (Å²) in [5.74, 6) is 0.416. The first-order chi connectivity index (χ1) is 15.0. The van der Waals surface area contributed by atoms with Gasteiger partial charge in [-0.3, -0.25) is 4.79 Å². The Hall–Kier alpha value is -2.32. The third-order valence-electron chi connectivity index (χ3n) is 5.29. The van der Waals surface area contributed by atoms with E-state index in [0.717, 1.165) is 25.9 Å². The number of β-amino-alcohol motifs (C(OH)–C–C–N with tert-alkyl or cyclic N) is 1. The van der Waals surface area contributed by atoms with E-state index >= 15 is 0 Å². The number of likely N-dealkylation sites (tertiary alicyclic amines) is 1. The molecule has 1 aromatic carbocycles. The molecule has 1 atom stereocenters. The van der Waals surface area contributed by atoms with Gasteiger partial charge in [-0.2, -0.15) is 0 Å². The number of piperidine rings is 1. The van der Waals surface area contributed by atoms with Crippen LogP contribution < -0.4 is 10.1 Å². The van der Waals surface area contributed by atoms with Crippen molar-refractivity contribution in [1.82, 2.24) is 19.6 Å². The lowest BCUT2D eigenvalue weighted by Gasteiger charge is -2.33. The molecule has 7 nitrogen and oxygen atoms in total. The van der Waals surface area contributed by atoms with Crippen molar-refractivity contribution in [2.45, 2.75) is 25.0 Å². The quantitative estimate of drug-likeness (QED) is 0.563. The van der Waals surface area contributed by atoms with Gasteiger partial charge in [-0.05, 0) is 37.1 Å². The SMILES string of the molecule is O=C(NC[C@@H](O)CN1CCC(Oc2ccc(Cl)c(Cl)c2)CC1)c1cn2ccccc2n1. The molecule has 0 unspecified atom stereocenters. The molecule has 0 radical (unpaired) electrons. The van der Waals surface area contributed by atoms with Crippen molar-refractivity contribution in [3.05, 3.63) is 64.5 Å². The lowest BCUT2D eigenvalue weighted by atomic mass is 10.1. The van der Waals surface area contributed by atoms with Gasteiger partial charge in [0.1, 0.15) is 23.2 Å². The maximum Gasteiger partial charge on any atom is 0.271 e. The third kappa shape index (κ3) is 5.68. The molecule has 0 saturated carbocycles. The van der Waals surface area contributed by atoms with Crippen LogP contribution in [0.1, 0.15) is 23.3 Å². The average Bonchev–Trinajstić information content (AvgIpc) is 3.20. The molecule has 3 heterocycles. The number of aliphatic hydroxyl groups excluding tert-OH is 1. The summed E-state index contributed by atoms with van der Waals surface area (Å²) >= 11 is 12.0. The number of carbonyl (C=O) groups is 1. The number of imidazole rings is 1. The maximum atomic E-state index is 12.3. The van der Waals surface area contributed by atoms with Gasteiger partial charge in [0, 0.05) is 44.6 Å². The summed E-state index contributed by atoms with van der Waals surface area (Å²) in [5, 5.41) is 14.1.